The molecule has 0 aliphatic rings. The number of hydrogen-bond donors (Lipinski definition) is 3. The third-order valence-corrected chi connectivity index (χ3v) is 2.78. The molecule has 0 saturated carbocycles. The quantitative estimate of drug-likeness (QED) is 0.764. The molecule has 0 aliphatic heterocycles. The lowest BCUT2D eigenvalue weighted by molar-refractivity contribution is 0.0916. The summed E-state index contributed by atoms with van der Waals surface area (Å²) in [5.41, 5.74) is 1.05. The van der Waals surface area contributed by atoms with E-state index in [1.807, 2.05) is 6.92 Å². The number of aromatic nitrogens is 2. The number of aliphatic hydroxyl groups is 1. The Morgan fingerprint density at radius 3 is 3.06 bits per heavy atom. The van der Waals surface area contributed by atoms with Gasteiger partial charge in [0.25, 0.3) is 5.91 Å². The number of carbonyl (C=O) groups is 1. The summed E-state index contributed by atoms with van der Waals surface area (Å²) in [6, 6.07) is 2.08. The molecule has 2 rings (SSSR count). The number of aromatic amines is 1. The first kappa shape index (κ1) is 12.5. The van der Waals surface area contributed by atoms with Crippen molar-refractivity contribution < 1.29 is 14.3 Å². The van der Waals surface area contributed by atoms with Crippen molar-refractivity contribution in [3.05, 3.63) is 29.8 Å². The highest BCUT2D eigenvalue weighted by Gasteiger charge is 2.16. The van der Waals surface area contributed by atoms with E-state index in [2.05, 4.69) is 15.3 Å². The molecule has 1 aromatic heterocycles. The predicted molar refractivity (Wildman–Crippen MR) is 64.7 cm³/mol. The number of nitrogens with one attached hydrogen (secondary N) is 2. The zero-order valence-electron chi connectivity index (χ0n) is 9.90. The average molecular weight is 251 g/mol. The van der Waals surface area contributed by atoms with Gasteiger partial charge in [0, 0.05) is 0 Å². The molecule has 0 bridgehead atoms. The van der Waals surface area contributed by atoms with Gasteiger partial charge in [-0.05, 0) is 18.6 Å². The van der Waals surface area contributed by atoms with Crippen molar-refractivity contribution in [2.24, 2.45) is 0 Å². The van der Waals surface area contributed by atoms with Gasteiger partial charge in [-0.3, -0.25) is 4.79 Å². The van der Waals surface area contributed by atoms with Crippen LogP contribution in [-0.2, 0) is 0 Å². The zero-order chi connectivity index (χ0) is 13.1. The number of imidazole rings is 1. The van der Waals surface area contributed by atoms with Gasteiger partial charge in [0.1, 0.15) is 11.3 Å². The molecular formula is C12H14FN3O2. The second-order valence-corrected chi connectivity index (χ2v) is 4.01. The van der Waals surface area contributed by atoms with Crippen molar-refractivity contribution in [1.29, 1.82) is 0 Å². The SMILES string of the molecule is CCC(CO)NC(=O)c1cc(F)cc2[nH]cnc12. The van der Waals surface area contributed by atoms with E-state index in [9.17, 15) is 9.18 Å². The molecule has 1 aromatic carbocycles. The van der Waals surface area contributed by atoms with E-state index in [1.54, 1.807) is 0 Å². The average Bonchev–Trinajstić information content (AvgIpc) is 2.82. The van der Waals surface area contributed by atoms with Gasteiger partial charge in [0.05, 0.1) is 30.1 Å². The molecule has 0 spiro atoms. The van der Waals surface area contributed by atoms with Gasteiger partial charge in [0.2, 0.25) is 0 Å². The number of halogens is 1. The van der Waals surface area contributed by atoms with Crippen LogP contribution in [0, 0.1) is 5.82 Å². The smallest absolute Gasteiger partial charge is 0.253 e. The number of fused-ring (bicyclic) bond motifs is 1. The second kappa shape index (κ2) is 5.14. The number of hydrogen-bond acceptors (Lipinski definition) is 3. The van der Waals surface area contributed by atoms with E-state index in [4.69, 9.17) is 5.11 Å². The first-order valence-electron chi connectivity index (χ1n) is 5.70. The van der Waals surface area contributed by atoms with Gasteiger partial charge in [-0.15, -0.1) is 0 Å². The normalized spacial score (nSPS) is 12.6. The van der Waals surface area contributed by atoms with Crippen LogP contribution in [0.1, 0.15) is 23.7 Å². The molecule has 5 nitrogen and oxygen atoms in total. The molecule has 1 unspecified atom stereocenters. The summed E-state index contributed by atoms with van der Waals surface area (Å²) in [6.45, 7) is 1.69. The van der Waals surface area contributed by atoms with Crippen LogP contribution < -0.4 is 5.32 Å². The monoisotopic (exact) mass is 251 g/mol. The van der Waals surface area contributed by atoms with Crippen molar-refractivity contribution in [2.45, 2.75) is 19.4 Å². The van der Waals surface area contributed by atoms with Gasteiger partial charge in [-0.2, -0.15) is 0 Å². The molecule has 0 aliphatic carbocycles. The van der Waals surface area contributed by atoms with Crippen LogP contribution >= 0.6 is 0 Å². The number of carbonyl (C=O) groups excluding carboxylic acids is 1. The lowest BCUT2D eigenvalue weighted by Crippen LogP contribution is -2.37. The maximum absolute atomic E-state index is 13.4. The molecule has 0 saturated heterocycles. The zero-order valence-corrected chi connectivity index (χ0v) is 9.90. The maximum Gasteiger partial charge on any atom is 0.253 e. The number of nitrogens with zero attached hydrogens (tertiary/aromatic N) is 1. The van der Waals surface area contributed by atoms with Crippen LogP contribution in [0.4, 0.5) is 4.39 Å². The fraction of sp³-hybridized carbons (Fsp3) is 0.333. The van der Waals surface area contributed by atoms with Crippen LogP contribution in [-0.4, -0.2) is 33.6 Å². The van der Waals surface area contributed by atoms with Crippen LogP contribution in [0.15, 0.2) is 18.5 Å². The van der Waals surface area contributed by atoms with E-state index in [0.717, 1.165) is 6.07 Å². The highest BCUT2D eigenvalue weighted by Crippen LogP contribution is 2.17. The van der Waals surface area contributed by atoms with Crippen LogP contribution in [0.25, 0.3) is 11.0 Å². The summed E-state index contributed by atoms with van der Waals surface area (Å²) in [5.74, 6) is -0.943. The largest absolute Gasteiger partial charge is 0.394 e. The molecule has 1 heterocycles. The van der Waals surface area contributed by atoms with Gasteiger partial charge in [0.15, 0.2) is 0 Å². The van der Waals surface area contributed by atoms with E-state index in [-0.39, 0.29) is 18.2 Å². The minimum atomic E-state index is -0.506. The Labute approximate surface area is 103 Å². The Bertz CT molecular complexity index is 563. The first-order chi connectivity index (χ1) is 8.65. The van der Waals surface area contributed by atoms with Gasteiger partial charge in [-0.25, -0.2) is 9.37 Å². The van der Waals surface area contributed by atoms with E-state index in [0.29, 0.717) is 17.5 Å². The fourth-order valence-electron chi connectivity index (χ4n) is 1.73. The molecule has 96 valence electrons. The first-order valence-corrected chi connectivity index (χ1v) is 5.70. The third-order valence-electron chi connectivity index (χ3n) is 2.78. The van der Waals surface area contributed by atoms with Crippen molar-refractivity contribution in [1.82, 2.24) is 15.3 Å². The predicted octanol–water partition coefficient (Wildman–Crippen LogP) is 1.20. The third kappa shape index (κ3) is 2.33. The molecule has 0 radical (unpaired) electrons. The summed E-state index contributed by atoms with van der Waals surface area (Å²) < 4.78 is 13.4. The Hall–Kier alpha value is -1.95. The number of amides is 1. The Morgan fingerprint density at radius 1 is 1.61 bits per heavy atom. The van der Waals surface area contributed by atoms with Crippen LogP contribution in [0.3, 0.4) is 0 Å². The summed E-state index contributed by atoms with van der Waals surface area (Å²) in [6.07, 6.45) is 2.01. The molecule has 1 atom stereocenters. The van der Waals surface area contributed by atoms with Crippen LogP contribution in [0.2, 0.25) is 0 Å². The van der Waals surface area contributed by atoms with Gasteiger partial charge >= 0.3 is 0 Å². The van der Waals surface area contributed by atoms with Crippen LogP contribution in [0.5, 0.6) is 0 Å². The Morgan fingerprint density at radius 2 is 2.39 bits per heavy atom. The molecule has 1 amide bonds. The van der Waals surface area contributed by atoms with E-state index in [1.165, 1.54) is 12.4 Å². The van der Waals surface area contributed by atoms with Crippen molar-refractivity contribution in [3.8, 4) is 0 Å². The van der Waals surface area contributed by atoms with Gasteiger partial charge < -0.3 is 15.4 Å². The maximum atomic E-state index is 13.4. The number of aliphatic hydroxyl groups excluding tert-OH is 1. The van der Waals surface area contributed by atoms with E-state index < -0.39 is 11.7 Å². The van der Waals surface area contributed by atoms with Gasteiger partial charge in [-0.1, -0.05) is 6.92 Å². The number of H-pyrrole nitrogens is 1. The van der Waals surface area contributed by atoms with E-state index >= 15 is 0 Å². The lowest BCUT2D eigenvalue weighted by atomic mass is 10.1. The molecule has 18 heavy (non-hydrogen) atoms. The summed E-state index contributed by atoms with van der Waals surface area (Å²) >= 11 is 0. The molecule has 2 aromatic rings. The minimum absolute atomic E-state index is 0.152. The highest BCUT2D eigenvalue weighted by atomic mass is 19.1. The van der Waals surface area contributed by atoms with Crippen molar-refractivity contribution >= 4 is 16.9 Å². The standard InChI is InChI=1S/C12H14FN3O2/c1-2-8(5-17)16-12(18)9-3-7(13)4-10-11(9)15-6-14-10/h3-4,6,8,17H,2,5H2,1H3,(H,14,15)(H,16,18). The lowest BCUT2D eigenvalue weighted by Gasteiger charge is -2.14. The van der Waals surface area contributed by atoms with Crippen molar-refractivity contribution in [3.63, 3.8) is 0 Å². The minimum Gasteiger partial charge on any atom is -0.394 e. The number of benzene rings is 1. The number of rotatable bonds is 4. The molecule has 0 fully saturated rings. The fourth-order valence-corrected chi connectivity index (χ4v) is 1.73. The van der Waals surface area contributed by atoms with Crippen molar-refractivity contribution in [2.75, 3.05) is 6.61 Å². The Balaban J connectivity index is 2.35. The summed E-state index contributed by atoms with van der Waals surface area (Å²) in [4.78, 5) is 18.7. The molecule has 3 N–H and O–H groups in total. The molecule has 6 heteroatoms. The summed E-state index contributed by atoms with van der Waals surface area (Å²) in [7, 11) is 0. The molecular weight excluding hydrogens is 237 g/mol. The highest BCUT2D eigenvalue weighted by molar-refractivity contribution is 6.04. The Kier molecular flexibility index (Phi) is 3.57. The second-order valence-electron chi connectivity index (χ2n) is 4.01. The topological polar surface area (TPSA) is 78.0 Å². The summed E-state index contributed by atoms with van der Waals surface area (Å²) in [5, 5.41) is 11.7.